The molecule has 0 amide bonds. The molecule has 0 radical (unpaired) electrons. The first-order valence-corrected chi connectivity index (χ1v) is 12.8. The van der Waals surface area contributed by atoms with Crippen molar-refractivity contribution in [2.75, 3.05) is 13.2 Å². The fourth-order valence-corrected chi connectivity index (χ4v) is 5.08. The number of benzene rings is 3. The van der Waals surface area contributed by atoms with Gasteiger partial charge in [0.25, 0.3) is 5.56 Å². The number of hydrogen-bond acceptors (Lipinski definition) is 5. The van der Waals surface area contributed by atoms with Crippen molar-refractivity contribution in [2.24, 2.45) is 0 Å². The Bertz CT molecular complexity index is 1550. The lowest BCUT2D eigenvalue weighted by Gasteiger charge is -2.15. The summed E-state index contributed by atoms with van der Waals surface area (Å²) >= 11 is 1.41. The average Bonchev–Trinajstić information content (AvgIpc) is 3.40. The van der Waals surface area contributed by atoms with Gasteiger partial charge in [-0.1, -0.05) is 67.6 Å². The molecule has 35 heavy (non-hydrogen) atoms. The van der Waals surface area contributed by atoms with Gasteiger partial charge in [0.1, 0.15) is 11.5 Å². The predicted octanol–water partition coefficient (Wildman–Crippen LogP) is 5.82. The maximum absolute atomic E-state index is 12.9. The second-order valence-electron chi connectivity index (χ2n) is 8.60. The first kappa shape index (κ1) is 23.1. The number of hydrogen-bond donors (Lipinski definition) is 0. The van der Waals surface area contributed by atoms with Crippen LogP contribution in [0.2, 0.25) is 0 Å². The van der Waals surface area contributed by atoms with Crippen molar-refractivity contribution in [1.82, 2.24) is 9.38 Å². The van der Waals surface area contributed by atoms with Crippen molar-refractivity contribution >= 4 is 33.4 Å². The molecule has 0 aliphatic heterocycles. The molecule has 178 valence electrons. The lowest BCUT2D eigenvalue weighted by atomic mass is 9.98. The Hall–Kier alpha value is -3.64. The third-order valence-electron chi connectivity index (χ3n) is 6.20. The van der Waals surface area contributed by atoms with Crippen LogP contribution in [0.4, 0.5) is 0 Å². The number of para-hydroxylation sites is 3. The maximum Gasteiger partial charge on any atom is 0.274 e. The Labute approximate surface area is 208 Å². The Balaban J connectivity index is 1.19. The van der Waals surface area contributed by atoms with E-state index in [1.165, 1.54) is 16.9 Å². The number of imidazole rings is 1. The molecule has 0 aliphatic carbocycles. The summed E-state index contributed by atoms with van der Waals surface area (Å²) in [4.78, 5) is 18.2. The SMILES string of the molecule is CC[C@H](C)c1ccccc1OCCCOc1ccc(/C=c2\sc3nc4ccccc4n3c2=O)cc1. The molecule has 0 saturated carbocycles. The van der Waals surface area contributed by atoms with Crippen LogP contribution >= 0.6 is 11.3 Å². The van der Waals surface area contributed by atoms with Gasteiger partial charge in [0.2, 0.25) is 0 Å². The quantitative estimate of drug-likeness (QED) is 0.248. The van der Waals surface area contributed by atoms with E-state index in [1.54, 1.807) is 4.40 Å². The highest BCUT2D eigenvalue weighted by Gasteiger charge is 2.11. The van der Waals surface area contributed by atoms with E-state index in [9.17, 15) is 4.79 Å². The second-order valence-corrected chi connectivity index (χ2v) is 9.61. The molecule has 0 saturated heterocycles. The molecule has 0 bridgehead atoms. The fraction of sp³-hybridized carbons (Fsp3) is 0.241. The zero-order valence-electron chi connectivity index (χ0n) is 19.9. The van der Waals surface area contributed by atoms with Crippen LogP contribution in [-0.2, 0) is 0 Å². The van der Waals surface area contributed by atoms with E-state index in [2.05, 4.69) is 31.0 Å². The molecule has 2 aromatic heterocycles. The molecule has 5 nitrogen and oxygen atoms in total. The molecule has 0 spiro atoms. The third-order valence-corrected chi connectivity index (χ3v) is 7.17. The van der Waals surface area contributed by atoms with Crippen LogP contribution in [0.3, 0.4) is 0 Å². The Morgan fingerprint density at radius 2 is 1.71 bits per heavy atom. The van der Waals surface area contributed by atoms with Crippen molar-refractivity contribution in [3.8, 4) is 11.5 Å². The number of fused-ring (bicyclic) bond motifs is 3. The summed E-state index contributed by atoms with van der Waals surface area (Å²) in [6.45, 7) is 5.61. The lowest BCUT2D eigenvalue weighted by molar-refractivity contribution is 0.245. The van der Waals surface area contributed by atoms with Crippen LogP contribution in [0.1, 0.15) is 43.7 Å². The highest BCUT2D eigenvalue weighted by Crippen LogP contribution is 2.28. The normalized spacial score (nSPS) is 12.9. The summed E-state index contributed by atoms with van der Waals surface area (Å²) < 4.78 is 14.3. The summed E-state index contributed by atoms with van der Waals surface area (Å²) in [5.41, 5.74) is 3.87. The van der Waals surface area contributed by atoms with E-state index in [0.29, 0.717) is 23.7 Å². The van der Waals surface area contributed by atoms with Crippen molar-refractivity contribution in [1.29, 1.82) is 0 Å². The zero-order chi connectivity index (χ0) is 24.2. The van der Waals surface area contributed by atoms with E-state index in [4.69, 9.17) is 9.47 Å². The van der Waals surface area contributed by atoms with Gasteiger partial charge in [-0.2, -0.15) is 0 Å². The minimum atomic E-state index is -0.0334. The zero-order valence-corrected chi connectivity index (χ0v) is 20.8. The van der Waals surface area contributed by atoms with Gasteiger partial charge in [-0.05, 0) is 59.9 Å². The standard InChI is InChI=1S/C29H28N2O3S/c1-3-20(2)23-9-4-7-12-26(23)34-18-8-17-33-22-15-13-21(14-16-22)19-27-28(32)31-25-11-6-5-10-24(25)30-29(31)35-27/h4-7,9-16,19-20H,3,8,17-18H2,1-2H3/b27-19-/t20-/m0/s1. The molecule has 0 N–H and O–H groups in total. The molecular weight excluding hydrogens is 456 g/mol. The molecule has 5 rings (SSSR count). The van der Waals surface area contributed by atoms with Crippen LogP contribution in [0.5, 0.6) is 11.5 Å². The molecule has 5 aromatic rings. The van der Waals surface area contributed by atoms with Gasteiger partial charge in [0, 0.05) is 6.42 Å². The summed E-state index contributed by atoms with van der Waals surface area (Å²) in [6.07, 6.45) is 3.79. The molecule has 6 heteroatoms. The van der Waals surface area contributed by atoms with Gasteiger partial charge >= 0.3 is 0 Å². The summed E-state index contributed by atoms with van der Waals surface area (Å²) in [6, 6.07) is 23.8. The predicted molar refractivity (Wildman–Crippen MR) is 143 cm³/mol. The van der Waals surface area contributed by atoms with E-state index in [-0.39, 0.29) is 5.56 Å². The van der Waals surface area contributed by atoms with E-state index < -0.39 is 0 Å². The second kappa shape index (κ2) is 10.3. The first-order chi connectivity index (χ1) is 17.1. The molecule has 0 fully saturated rings. The molecule has 3 aromatic carbocycles. The Morgan fingerprint density at radius 3 is 2.54 bits per heavy atom. The highest BCUT2D eigenvalue weighted by molar-refractivity contribution is 7.15. The lowest BCUT2D eigenvalue weighted by Crippen LogP contribution is -2.22. The number of nitrogens with zero attached hydrogens (tertiary/aromatic N) is 2. The molecule has 2 heterocycles. The molecule has 0 unspecified atom stereocenters. The van der Waals surface area contributed by atoms with Crippen molar-refractivity contribution < 1.29 is 9.47 Å². The summed E-state index contributed by atoms with van der Waals surface area (Å²) in [5, 5.41) is 0. The van der Waals surface area contributed by atoms with Crippen LogP contribution in [0, 0.1) is 0 Å². The van der Waals surface area contributed by atoms with Crippen molar-refractivity contribution in [3.63, 3.8) is 0 Å². The number of ether oxygens (including phenoxy) is 2. The fourth-order valence-electron chi connectivity index (χ4n) is 4.09. The van der Waals surface area contributed by atoms with Crippen molar-refractivity contribution in [3.05, 3.63) is 98.8 Å². The largest absolute Gasteiger partial charge is 0.493 e. The number of thiazole rings is 1. The highest BCUT2D eigenvalue weighted by atomic mass is 32.1. The summed E-state index contributed by atoms with van der Waals surface area (Å²) in [7, 11) is 0. The first-order valence-electron chi connectivity index (χ1n) is 12.0. The van der Waals surface area contributed by atoms with Crippen molar-refractivity contribution in [2.45, 2.75) is 32.6 Å². The van der Waals surface area contributed by atoms with Gasteiger partial charge in [-0.25, -0.2) is 9.38 Å². The van der Waals surface area contributed by atoms with Gasteiger partial charge < -0.3 is 9.47 Å². The third kappa shape index (κ3) is 4.93. The van der Waals surface area contributed by atoms with Gasteiger partial charge in [-0.3, -0.25) is 4.79 Å². The van der Waals surface area contributed by atoms with Gasteiger partial charge in [0.15, 0.2) is 4.96 Å². The number of aromatic nitrogens is 2. The molecular formula is C29H28N2O3S. The van der Waals surface area contributed by atoms with Crippen LogP contribution in [0.25, 0.3) is 22.1 Å². The minimum Gasteiger partial charge on any atom is -0.493 e. The topological polar surface area (TPSA) is 52.8 Å². The summed E-state index contributed by atoms with van der Waals surface area (Å²) in [5.74, 6) is 2.25. The smallest absolute Gasteiger partial charge is 0.274 e. The maximum atomic E-state index is 12.9. The Kier molecular flexibility index (Phi) is 6.82. The monoisotopic (exact) mass is 484 g/mol. The number of rotatable bonds is 9. The average molecular weight is 485 g/mol. The van der Waals surface area contributed by atoms with Gasteiger partial charge in [0.05, 0.1) is 28.8 Å². The van der Waals surface area contributed by atoms with Crippen LogP contribution in [0.15, 0.2) is 77.6 Å². The van der Waals surface area contributed by atoms with E-state index in [1.807, 2.05) is 66.7 Å². The minimum absolute atomic E-state index is 0.0334. The van der Waals surface area contributed by atoms with Crippen LogP contribution < -0.4 is 19.6 Å². The van der Waals surface area contributed by atoms with Crippen LogP contribution in [-0.4, -0.2) is 22.6 Å². The van der Waals surface area contributed by atoms with Gasteiger partial charge in [-0.15, -0.1) is 0 Å². The van der Waals surface area contributed by atoms with E-state index >= 15 is 0 Å². The van der Waals surface area contributed by atoms with E-state index in [0.717, 1.165) is 45.9 Å². The molecule has 0 aliphatic rings. The Morgan fingerprint density at radius 1 is 0.971 bits per heavy atom. The molecule has 1 atom stereocenters.